The summed E-state index contributed by atoms with van der Waals surface area (Å²) < 4.78 is 6.18. The van der Waals surface area contributed by atoms with Gasteiger partial charge in [0, 0.05) is 10.0 Å². The molecule has 1 amide bonds. The maximum Gasteiger partial charge on any atom is 0.282 e. The van der Waals surface area contributed by atoms with Crippen molar-refractivity contribution in [3.05, 3.63) is 112 Å². The summed E-state index contributed by atoms with van der Waals surface area (Å²) in [7, 11) is 1.63. The highest BCUT2D eigenvalue weighted by atomic mass is 79.9. The third kappa shape index (κ3) is 3.72. The highest BCUT2D eigenvalue weighted by Crippen LogP contribution is 2.31. The first-order valence-electron chi connectivity index (χ1n) is 10.2. The molecule has 0 N–H and O–H groups in total. The van der Waals surface area contributed by atoms with E-state index in [9.17, 15) is 4.79 Å². The molecule has 1 aliphatic heterocycles. The average molecular weight is 483 g/mol. The Kier molecular flexibility index (Phi) is 5.33. The molecular weight excluding hydrogens is 464 g/mol. The molecule has 0 fully saturated rings. The van der Waals surface area contributed by atoms with Crippen molar-refractivity contribution in [2.24, 2.45) is 4.99 Å². The van der Waals surface area contributed by atoms with Crippen LogP contribution in [0, 0.1) is 0 Å². The average Bonchev–Trinajstić information content (AvgIpc) is 3.15. The second-order valence-electron chi connectivity index (χ2n) is 7.38. The first-order chi connectivity index (χ1) is 15.6. The van der Waals surface area contributed by atoms with Crippen molar-refractivity contribution >= 4 is 50.2 Å². The number of aliphatic imine (C=N–C) groups is 1. The molecule has 32 heavy (non-hydrogen) atoms. The largest absolute Gasteiger partial charge is 0.497 e. The summed E-state index contributed by atoms with van der Waals surface area (Å²) >= 11 is 3.51. The first-order valence-corrected chi connectivity index (χ1v) is 11.0. The molecule has 4 aromatic carbocycles. The summed E-state index contributed by atoms with van der Waals surface area (Å²) in [5.41, 5.74) is 2.94. The van der Waals surface area contributed by atoms with Crippen molar-refractivity contribution in [2.45, 2.75) is 0 Å². The number of amidine groups is 1. The van der Waals surface area contributed by atoms with Gasteiger partial charge in [0.15, 0.2) is 0 Å². The number of methoxy groups -OCH3 is 1. The Balaban J connectivity index is 1.65. The molecule has 0 saturated heterocycles. The fourth-order valence-corrected chi connectivity index (χ4v) is 4.22. The smallest absolute Gasteiger partial charge is 0.282 e. The zero-order valence-electron chi connectivity index (χ0n) is 17.3. The van der Waals surface area contributed by atoms with E-state index in [1.165, 1.54) is 0 Å². The SMILES string of the molecule is COc1ccc(C2=N/C(=C/c3cccc4ccccc34)C(=O)N2c2cccc(Br)c2)cc1. The minimum atomic E-state index is -0.165. The summed E-state index contributed by atoms with van der Waals surface area (Å²) in [6, 6.07) is 29.4. The van der Waals surface area contributed by atoms with E-state index in [2.05, 4.69) is 34.1 Å². The van der Waals surface area contributed by atoms with Crippen molar-refractivity contribution in [1.82, 2.24) is 0 Å². The van der Waals surface area contributed by atoms with Gasteiger partial charge in [-0.15, -0.1) is 0 Å². The predicted molar refractivity (Wildman–Crippen MR) is 133 cm³/mol. The van der Waals surface area contributed by atoms with E-state index in [1.807, 2.05) is 78.9 Å². The normalized spacial score (nSPS) is 14.8. The maximum atomic E-state index is 13.6. The molecule has 4 nitrogen and oxygen atoms in total. The highest BCUT2D eigenvalue weighted by molar-refractivity contribution is 9.10. The molecule has 1 heterocycles. The Bertz CT molecular complexity index is 1390. The zero-order valence-corrected chi connectivity index (χ0v) is 18.9. The molecule has 1 aliphatic rings. The van der Waals surface area contributed by atoms with Crippen molar-refractivity contribution in [2.75, 3.05) is 12.0 Å². The van der Waals surface area contributed by atoms with Gasteiger partial charge in [-0.2, -0.15) is 0 Å². The highest BCUT2D eigenvalue weighted by Gasteiger charge is 2.32. The van der Waals surface area contributed by atoms with Crippen LogP contribution in [0.3, 0.4) is 0 Å². The van der Waals surface area contributed by atoms with E-state index in [0.29, 0.717) is 11.5 Å². The van der Waals surface area contributed by atoms with E-state index in [1.54, 1.807) is 12.0 Å². The van der Waals surface area contributed by atoms with Crippen molar-refractivity contribution in [1.29, 1.82) is 0 Å². The van der Waals surface area contributed by atoms with Crippen LogP contribution in [0.5, 0.6) is 5.75 Å². The van der Waals surface area contributed by atoms with Crippen molar-refractivity contribution in [3.63, 3.8) is 0 Å². The summed E-state index contributed by atoms with van der Waals surface area (Å²) in [6.07, 6.45) is 1.87. The third-order valence-electron chi connectivity index (χ3n) is 5.39. The minimum absolute atomic E-state index is 0.165. The molecule has 0 bridgehead atoms. The standard InChI is InChI=1S/C27H19BrN2O2/c1-32-23-14-12-19(13-15-23)26-29-25(27(31)30(26)22-10-5-9-21(28)17-22)16-20-8-4-7-18-6-2-3-11-24(18)20/h2-17H,1H3/b25-16+. The van der Waals surface area contributed by atoms with Crippen LogP contribution >= 0.6 is 15.9 Å². The third-order valence-corrected chi connectivity index (χ3v) is 5.88. The summed E-state index contributed by atoms with van der Waals surface area (Å²) in [5, 5.41) is 2.20. The van der Waals surface area contributed by atoms with E-state index in [0.717, 1.165) is 37.8 Å². The number of halogens is 1. The minimum Gasteiger partial charge on any atom is -0.497 e. The van der Waals surface area contributed by atoms with Gasteiger partial charge in [0.25, 0.3) is 5.91 Å². The van der Waals surface area contributed by atoms with E-state index in [4.69, 9.17) is 9.73 Å². The van der Waals surface area contributed by atoms with Gasteiger partial charge in [0.1, 0.15) is 17.3 Å². The number of rotatable bonds is 4. The number of carbonyl (C=O) groups is 1. The lowest BCUT2D eigenvalue weighted by molar-refractivity contribution is -0.113. The number of carbonyl (C=O) groups excluding carboxylic acids is 1. The number of fused-ring (bicyclic) bond motifs is 1. The van der Waals surface area contributed by atoms with Crippen molar-refractivity contribution in [3.8, 4) is 5.75 Å². The van der Waals surface area contributed by atoms with Crippen LogP contribution < -0.4 is 9.64 Å². The molecule has 0 aromatic heterocycles. The van der Waals surface area contributed by atoms with Gasteiger partial charge in [-0.05, 0) is 64.9 Å². The Morgan fingerprint density at radius 1 is 0.906 bits per heavy atom. The molecule has 4 aromatic rings. The molecule has 0 unspecified atom stereocenters. The van der Waals surface area contributed by atoms with Crippen LogP contribution in [-0.4, -0.2) is 18.9 Å². The summed E-state index contributed by atoms with van der Waals surface area (Å²) in [6.45, 7) is 0. The summed E-state index contributed by atoms with van der Waals surface area (Å²) in [5.74, 6) is 1.17. The molecule has 0 spiro atoms. The van der Waals surface area contributed by atoms with Crippen LogP contribution in [0.4, 0.5) is 5.69 Å². The summed E-state index contributed by atoms with van der Waals surface area (Å²) in [4.78, 5) is 20.0. The molecule has 0 atom stereocenters. The number of benzene rings is 4. The molecule has 0 aliphatic carbocycles. The Morgan fingerprint density at radius 3 is 2.44 bits per heavy atom. The van der Waals surface area contributed by atoms with E-state index < -0.39 is 0 Å². The van der Waals surface area contributed by atoms with Crippen LogP contribution in [0.15, 0.2) is 106 Å². The van der Waals surface area contributed by atoms with Gasteiger partial charge in [0.2, 0.25) is 0 Å². The van der Waals surface area contributed by atoms with Crippen molar-refractivity contribution < 1.29 is 9.53 Å². The number of hydrogen-bond acceptors (Lipinski definition) is 3. The Morgan fingerprint density at radius 2 is 1.66 bits per heavy atom. The van der Waals surface area contributed by atoms with E-state index >= 15 is 0 Å². The second kappa shape index (κ2) is 8.44. The Hall–Kier alpha value is -3.70. The van der Waals surface area contributed by atoms with Crippen LogP contribution in [-0.2, 0) is 4.79 Å². The van der Waals surface area contributed by atoms with Crippen LogP contribution in [0.1, 0.15) is 11.1 Å². The number of amides is 1. The van der Waals surface area contributed by atoms with Crippen LogP contribution in [0.2, 0.25) is 0 Å². The topological polar surface area (TPSA) is 41.9 Å². The monoisotopic (exact) mass is 482 g/mol. The number of ether oxygens (including phenoxy) is 1. The zero-order chi connectivity index (χ0) is 22.1. The quantitative estimate of drug-likeness (QED) is 0.313. The second-order valence-corrected chi connectivity index (χ2v) is 8.30. The number of nitrogens with zero attached hydrogens (tertiary/aromatic N) is 2. The lowest BCUT2D eigenvalue weighted by Crippen LogP contribution is -2.32. The van der Waals surface area contributed by atoms with Crippen LogP contribution in [0.25, 0.3) is 16.8 Å². The molecular formula is C27H19BrN2O2. The molecule has 0 saturated carbocycles. The molecule has 5 rings (SSSR count). The Labute approximate surface area is 194 Å². The van der Waals surface area contributed by atoms with E-state index in [-0.39, 0.29) is 5.91 Å². The number of hydrogen-bond donors (Lipinski definition) is 0. The van der Waals surface area contributed by atoms with Gasteiger partial charge >= 0.3 is 0 Å². The van der Waals surface area contributed by atoms with Gasteiger partial charge in [0.05, 0.1) is 12.8 Å². The van der Waals surface area contributed by atoms with Gasteiger partial charge in [-0.1, -0.05) is 64.5 Å². The maximum absolute atomic E-state index is 13.6. The first kappa shape index (κ1) is 20.2. The fraction of sp³-hybridized carbons (Fsp3) is 0.0370. The molecule has 5 heteroatoms. The van der Waals surface area contributed by atoms with Gasteiger partial charge in [-0.3, -0.25) is 9.69 Å². The van der Waals surface area contributed by atoms with Gasteiger partial charge in [-0.25, -0.2) is 4.99 Å². The fourth-order valence-electron chi connectivity index (χ4n) is 3.83. The lowest BCUT2D eigenvalue weighted by Gasteiger charge is -2.19. The molecule has 0 radical (unpaired) electrons. The molecule has 156 valence electrons. The predicted octanol–water partition coefficient (Wildman–Crippen LogP) is 6.45. The van der Waals surface area contributed by atoms with Gasteiger partial charge < -0.3 is 4.74 Å². The number of anilines is 1. The lowest BCUT2D eigenvalue weighted by atomic mass is 10.0.